The van der Waals surface area contributed by atoms with Gasteiger partial charge in [0.05, 0.1) is 0 Å². The van der Waals surface area contributed by atoms with Crippen molar-refractivity contribution in [3.8, 4) is 0 Å². The van der Waals surface area contributed by atoms with Crippen LogP contribution in [-0.4, -0.2) is 71.2 Å². The molecule has 2 unspecified atom stereocenters. The number of carboxylic acid groups (broad SMARTS) is 1. The van der Waals surface area contributed by atoms with Gasteiger partial charge in [-0.2, -0.15) is 0 Å². The van der Waals surface area contributed by atoms with Crippen molar-refractivity contribution in [3.63, 3.8) is 0 Å². The molecule has 6 nitrogen and oxygen atoms in total. The van der Waals surface area contributed by atoms with Gasteiger partial charge in [-0.05, 0) is 39.5 Å². The summed E-state index contributed by atoms with van der Waals surface area (Å²) in [5.41, 5.74) is 0. The molecule has 2 rings (SSSR count). The Morgan fingerprint density at radius 3 is 2.19 bits per heavy atom. The van der Waals surface area contributed by atoms with E-state index in [2.05, 4.69) is 18.7 Å². The smallest absolute Gasteiger partial charge is 0.332 e. The highest BCUT2D eigenvalue weighted by molar-refractivity contribution is 5.82. The molecule has 0 aromatic rings. The van der Waals surface area contributed by atoms with Crippen molar-refractivity contribution in [2.75, 3.05) is 20.1 Å². The lowest BCUT2D eigenvalue weighted by molar-refractivity contribution is -0.155. The van der Waals surface area contributed by atoms with Crippen LogP contribution in [0.4, 0.5) is 0 Å². The second kappa shape index (κ2) is 6.75. The first-order valence-electron chi connectivity index (χ1n) is 7.79. The van der Waals surface area contributed by atoms with Crippen molar-refractivity contribution >= 4 is 11.9 Å². The maximum Gasteiger partial charge on any atom is 0.332 e. The number of piperidine rings is 1. The average molecular weight is 298 g/mol. The monoisotopic (exact) mass is 298 g/mol. The molecule has 2 aliphatic rings. The van der Waals surface area contributed by atoms with Gasteiger partial charge in [0.1, 0.15) is 6.10 Å². The van der Waals surface area contributed by atoms with Crippen molar-refractivity contribution in [1.82, 2.24) is 9.80 Å². The van der Waals surface area contributed by atoms with E-state index in [0.717, 1.165) is 25.9 Å². The molecule has 120 valence electrons. The van der Waals surface area contributed by atoms with Gasteiger partial charge in [0, 0.05) is 32.2 Å². The van der Waals surface area contributed by atoms with E-state index in [1.54, 1.807) is 4.90 Å². The Hall–Kier alpha value is -1.14. The molecule has 0 aliphatic carbocycles. The second-order valence-electron chi connectivity index (χ2n) is 6.34. The number of rotatable bonds is 4. The second-order valence-corrected chi connectivity index (χ2v) is 6.34. The minimum Gasteiger partial charge on any atom is -0.479 e. The third-order valence-electron chi connectivity index (χ3n) is 4.70. The van der Waals surface area contributed by atoms with E-state index in [4.69, 9.17) is 9.84 Å². The van der Waals surface area contributed by atoms with Gasteiger partial charge in [0.25, 0.3) is 5.91 Å². The van der Waals surface area contributed by atoms with Crippen LogP contribution in [-0.2, 0) is 14.3 Å². The Balaban J connectivity index is 1.85. The fourth-order valence-electron chi connectivity index (χ4n) is 3.20. The van der Waals surface area contributed by atoms with Gasteiger partial charge in [-0.3, -0.25) is 4.79 Å². The fraction of sp³-hybridized carbons (Fsp3) is 0.867. The van der Waals surface area contributed by atoms with Crippen molar-refractivity contribution in [2.45, 2.75) is 63.8 Å². The maximum atomic E-state index is 12.4. The van der Waals surface area contributed by atoms with Crippen molar-refractivity contribution in [3.05, 3.63) is 0 Å². The van der Waals surface area contributed by atoms with Crippen LogP contribution in [0.1, 0.15) is 39.5 Å². The molecule has 21 heavy (non-hydrogen) atoms. The van der Waals surface area contributed by atoms with E-state index >= 15 is 0 Å². The molecule has 2 atom stereocenters. The van der Waals surface area contributed by atoms with Gasteiger partial charge in [0.2, 0.25) is 0 Å². The summed E-state index contributed by atoms with van der Waals surface area (Å²) in [6.07, 6.45) is 1.45. The molecule has 0 radical (unpaired) electrons. The number of nitrogens with zero attached hydrogens (tertiary/aromatic N) is 2. The summed E-state index contributed by atoms with van der Waals surface area (Å²) in [6, 6.07) is 0.779. The van der Waals surface area contributed by atoms with Crippen LogP contribution in [0, 0.1) is 0 Å². The Kier molecular flexibility index (Phi) is 5.22. The van der Waals surface area contributed by atoms with Crippen LogP contribution in [0.15, 0.2) is 0 Å². The quantitative estimate of drug-likeness (QED) is 0.837. The number of ether oxygens (including phenoxy) is 1. The molecule has 0 bridgehead atoms. The van der Waals surface area contributed by atoms with Crippen LogP contribution in [0.2, 0.25) is 0 Å². The first kappa shape index (κ1) is 16.2. The van der Waals surface area contributed by atoms with Crippen molar-refractivity contribution in [1.29, 1.82) is 0 Å². The highest BCUT2D eigenvalue weighted by Crippen LogP contribution is 2.24. The van der Waals surface area contributed by atoms with Crippen LogP contribution in [0.25, 0.3) is 0 Å². The number of amides is 1. The predicted octanol–water partition coefficient (Wildman–Crippen LogP) is 0.950. The van der Waals surface area contributed by atoms with E-state index in [-0.39, 0.29) is 11.9 Å². The molecule has 1 amide bonds. The molecule has 0 spiro atoms. The summed E-state index contributed by atoms with van der Waals surface area (Å²) < 4.78 is 5.35. The Labute approximate surface area is 126 Å². The van der Waals surface area contributed by atoms with Gasteiger partial charge < -0.3 is 19.6 Å². The molecular weight excluding hydrogens is 272 g/mol. The standard InChI is InChI=1S/C15H26N2O4/c1-10(2)17-8-6-11(7-9-17)16(3)14(18)12-4-5-13(21-12)15(19)20/h10-13H,4-9H2,1-3H3,(H,19,20). The summed E-state index contributed by atoms with van der Waals surface area (Å²) in [5, 5.41) is 8.93. The number of carbonyl (C=O) groups is 2. The van der Waals surface area contributed by atoms with Gasteiger partial charge in [-0.1, -0.05) is 0 Å². The van der Waals surface area contributed by atoms with E-state index in [0.29, 0.717) is 18.9 Å². The Morgan fingerprint density at radius 1 is 1.14 bits per heavy atom. The van der Waals surface area contributed by atoms with Gasteiger partial charge in [0.15, 0.2) is 6.10 Å². The Morgan fingerprint density at radius 2 is 1.71 bits per heavy atom. The van der Waals surface area contributed by atoms with E-state index in [9.17, 15) is 9.59 Å². The zero-order chi connectivity index (χ0) is 15.6. The molecular formula is C15H26N2O4. The van der Waals surface area contributed by atoms with Crippen LogP contribution in [0.5, 0.6) is 0 Å². The number of likely N-dealkylation sites (N-methyl/N-ethyl adjacent to an activating group) is 1. The molecule has 0 aromatic carbocycles. The number of likely N-dealkylation sites (tertiary alicyclic amines) is 1. The minimum absolute atomic E-state index is 0.0678. The van der Waals surface area contributed by atoms with Crippen LogP contribution < -0.4 is 0 Å². The third kappa shape index (κ3) is 3.74. The normalized spacial score (nSPS) is 28.0. The lowest BCUT2D eigenvalue weighted by Crippen LogP contribution is -2.49. The largest absolute Gasteiger partial charge is 0.479 e. The predicted molar refractivity (Wildman–Crippen MR) is 78.0 cm³/mol. The lowest BCUT2D eigenvalue weighted by Gasteiger charge is -2.39. The Bertz CT molecular complexity index is 391. The number of carbonyl (C=O) groups excluding carboxylic acids is 1. The molecule has 2 saturated heterocycles. The van der Waals surface area contributed by atoms with Gasteiger partial charge in [-0.15, -0.1) is 0 Å². The molecule has 0 saturated carbocycles. The molecule has 0 aromatic heterocycles. The molecule has 2 fully saturated rings. The number of aliphatic carboxylic acids is 1. The number of hydrogen-bond acceptors (Lipinski definition) is 4. The van der Waals surface area contributed by atoms with Gasteiger partial charge in [-0.25, -0.2) is 4.79 Å². The molecule has 2 aliphatic heterocycles. The van der Waals surface area contributed by atoms with Gasteiger partial charge >= 0.3 is 5.97 Å². The van der Waals surface area contributed by atoms with Crippen molar-refractivity contribution in [2.24, 2.45) is 0 Å². The third-order valence-corrected chi connectivity index (χ3v) is 4.70. The summed E-state index contributed by atoms with van der Waals surface area (Å²) in [5.74, 6) is -1.04. The van der Waals surface area contributed by atoms with E-state index < -0.39 is 18.2 Å². The first-order valence-corrected chi connectivity index (χ1v) is 7.79. The summed E-state index contributed by atoms with van der Waals surface area (Å²) in [7, 11) is 1.81. The van der Waals surface area contributed by atoms with E-state index in [1.165, 1.54) is 0 Å². The maximum absolute atomic E-state index is 12.4. The summed E-state index contributed by atoms with van der Waals surface area (Å²) in [4.78, 5) is 27.5. The first-order chi connectivity index (χ1) is 9.90. The molecule has 1 N–H and O–H groups in total. The van der Waals surface area contributed by atoms with Crippen molar-refractivity contribution < 1.29 is 19.4 Å². The lowest BCUT2D eigenvalue weighted by atomic mass is 10.0. The zero-order valence-electron chi connectivity index (χ0n) is 13.1. The SMILES string of the molecule is CC(C)N1CCC(N(C)C(=O)C2CCC(C(=O)O)O2)CC1. The topological polar surface area (TPSA) is 70.1 Å². The summed E-state index contributed by atoms with van der Waals surface area (Å²) >= 11 is 0. The highest BCUT2D eigenvalue weighted by atomic mass is 16.5. The fourth-order valence-corrected chi connectivity index (χ4v) is 3.20. The highest BCUT2D eigenvalue weighted by Gasteiger charge is 2.38. The van der Waals surface area contributed by atoms with Crippen LogP contribution in [0.3, 0.4) is 0 Å². The number of carboxylic acids is 1. The zero-order valence-corrected chi connectivity index (χ0v) is 13.1. The molecule has 6 heteroatoms. The van der Waals surface area contributed by atoms with E-state index in [1.807, 2.05) is 7.05 Å². The average Bonchev–Trinajstić information content (AvgIpc) is 2.96. The summed E-state index contributed by atoms with van der Waals surface area (Å²) in [6.45, 7) is 6.38. The van der Waals surface area contributed by atoms with Crippen LogP contribution >= 0.6 is 0 Å². The minimum atomic E-state index is -0.974. The number of hydrogen-bond donors (Lipinski definition) is 1. The molecule has 2 heterocycles.